The van der Waals surface area contributed by atoms with Crippen LogP contribution in [-0.4, -0.2) is 49.5 Å². The molecule has 3 N–H and O–H groups in total. The average Bonchev–Trinajstić information content (AvgIpc) is 2.52. The standard InChI is InChI=1S/C17H25N3O3/c1-13-4-2-6-15(10-13)23-9-7-19-16(21)12-20-8-3-5-14(11-20)17(18)22/h2,4,6,10,14H,3,5,7-9,11-12H2,1H3,(H2,18,22)(H,19,21)/t14-/m1/s1. The van der Waals surface area contributed by atoms with E-state index in [2.05, 4.69) is 5.32 Å². The Kier molecular flexibility index (Phi) is 6.40. The van der Waals surface area contributed by atoms with Crippen molar-refractivity contribution in [3.8, 4) is 5.75 Å². The fourth-order valence-electron chi connectivity index (χ4n) is 2.75. The molecule has 2 rings (SSSR count). The molecule has 1 aromatic carbocycles. The molecular formula is C17H25N3O3. The summed E-state index contributed by atoms with van der Waals surface area (Å²) in [6.07, 6.45) is 1.72. The summed E-state index contributed by atoms with van der Waals surface area (Å²) < 4.78 is 5.59. The number of primary amides is 1. The number of carbonyl (C=O) groups is 2. The van der Waals surface area contributed by atoms with Crippen molar-refractivity contribution in [2.75, 3.05) is 32.8 Å². The maximum atomic E-state index is 11.9. The van der Waals surface area contributed by atoms with E-state index in [4.69, 9.17) is 10.5 Å². The highest BCUT2D eigenvalue weighted by Gasteiger charge is 2.24. The van der Waals surface area contributed by atoms with E-state index >= 15 is 0 Å². The molecule has 0 bridgehead atoms. The lowest BCUT2D eigenvalue weighted by Crippen LogP contribution is -2.46. The summed E-state index contributed by atoms with van der Waals surface area (Å²) in [5.41, 5.74) is 6.48. The Balaban J connectivity index is 1.64. The van der Waals surface area contributed by atoms with Gasteiger partial charge in [0.2, 0.25) is 11.8 Å². The van der Waals surface area contributed by atoms with Gasteiger partial charge in [-0.25, -0.2) is 0 Å². The van der Waals surface area contributed by atoms with Gasteiger partial charge in [-0.3, -0.25) is 14.5 Å². The maximum Gasteiger partial charge on any atom is 0.234 e. The van der Waals surface area contributed by atoms with Crippen LogP contribution in [0.5, 0.6) is 5.75 Å². The van der Waals surface area contributed by atoms with Crippen molar-refractivity contribution >= 4 is 11.8 Å². The third-order valence-electron chi connectivity index (χ3n) is 3.96. The smallest absolute Gasteiger partial charge is 0.234 e. The fraction of sp³-hybridized carbons (Fsp3) is 0.529. The van der Waals surface area contributed by atoms with Crippen molar-refractivity contribution < 1.29 is 14.3 Å². The molecule has 1 fully saturated rings. The van der Waals surface area contributed by atoms with Crippen molar-refractivity contribution in [2.45, 2.75) is 19.8 Å². The Morgan fingerprint density at radius 1 is 1.43 bits per heavy atom. The molecule has 23 heavy (non-hydrogen) atoms. The zero-order valence-electron chi connectivity index (χ0n) is 13.6. The summed E-state index contributed by atoms with van der Waals surface area (Å²) in [6, 6.07) is 7.80. The molecule has 0 aromatic heterocycles. The first kappa shape index (κ1) is 17.3. The van der Waals surface area contributed by atoms with Crippen LogP contribution in [0, 0.1) is 12.8 Å². The number of ether oxygens (including phenoxy) is 1. The number of hydrogen-bond acceptors (Lipinski definition) is 4. The minimum atomic E-state index is -0.276. The number of carbonyl (C=O) groups excluding carboxylic acids is 2. The first-order valence-electron chi connectivity index (χ1n) is 8.02. The topological polar surface area (TPSA) is 84.7 Å². The Morgan fingerprint density at radius 3 is 3.00 bits per heavy atom. The molecule has 6 nitrogen and oxygen atoms in total. The summed E-state index contributed by atoms with van der Waals surface area (Å²) in [5.74, 6) is 0.338. The average molecular weight is 319 g/mol. The van der Waals surface area contributed by atoms with Crippen LogP contribution in [0.25, 0.3) is 0 Å². The summed E-state index contributed by atoms with van der Waals surface area (Å²) in [7, 11) is 0. The summed E-state index contributed by atoms with van der Waals surface area (Å²) in [6.45, 7) is 4.60. The van der Waals surface area contributed by atoms with Crippen LogP contribution in [0.3, 0.4) is 0 Å². The zero-order valence-corrected chi connectivity index (χ0v) is 13.6. The first-order chi connectivity index (χ1) is 11.0. The molecule has 1 saturated heterocycles. The third kappa shape index (κ3) is 5.90. The van der Waals surface area contributed by atoms with Gasteiger partial charge in [-0.05, 0) is 44.0 Å². The van der Waals surface area contributed by atoms with Crippen LogP contribution in [-0.2, 0) is 9.59 Å². The van der Waals surface area contributed by atoms with E-state index in [0.717, 1.165) is 30.7 Å². The zero-order chi connectivity index (χ0) is 16.7. The minimum Gasteiger partial charge on any atom is -0.492 e. The van der Waals surface area contributed by atoms with Crippen molar-refractivity contribution in [3.63, 3.8) is 0 Å². The SMILES string of the molecule is Cc1cccc(OCCNC(=O)CN2CCC[C@@H](C(N)=O)C2)c1. The van der Waals surface area contributed by atoms with E-state index in [1.54, 1.807) is 0 Å². The molecule has 2 amide bonds. The van der Waals surface area contributed by atoms with Gasteiger partial charge in [-0.2, -0.15) is 0 Å². The predicted octanol–water partition coefficient (Wildman–Crippen LogP) is 0.687. The van der Waals surface area contributed by atoms with Gasteiger partial charge in [0.05, 0.1) is 19.0 Å². The fourth-order valence-corrected chi connectivity index (χ4v) is 2.75. The van der Waals surface area contributed by atoms with Gasteiger partial charge in [-0.1, -0.05) is 12.1 Å². The number of nitrogens with one attached hydrogen (secondary N) is 1. The van der Waals surface area contributed by atoms with E-state index in [9.17, 15) is 9.59 Å². The second-order valence-corrected chi connectivity index (χ2v) is 5.99. The molecule has 126 valence electrons. The Hall–Kier alpha value is -2.08. The summed E-state index contributed by atoms with van der Waals surface area (Å²) in [4.78, 5) is 25.1. The van der Waals surface area contributed by atoms with Crippen molar-refractivity contribution in [2.24, 2.45) is 11.7 Å². The largest absolute Gasteiger partial charge is 0.492 e. The molecular weight excluding hydrogens is 294 g/mol. The summed E-state index contributed by atoms with van der Waals surface area (Å²) in [5, 5.41) is 2.84. The monoisotopic (exact) mass is 319 g/mol. The number of piperidine rings is 1. The van der Waals surface area contributed by atoms with Gasteiger partial charge in [0.15, 0.2) is 0 Å². The highest BCUT2D eigenvalue weighted by atomic mass is 16.5. The molecule has 0 aliphatic carbocycles. The molecule has 6 heteroatoms. The van der Waals surface area contributed by atoms with Crippen molar-refractivity contribution in [1.82, 2.24) is 10.2 Å². The van der Waals surface area contributed by atoms with E-state index in [-0.39, 0.29) is 17.7 Å². The van der Waals surface area contributed by atoms with Crippen LogP contribution in [0.4, 0.5) is 0 Å². The predicted molar refractivity (Wildman–Crippen MR) is 88.0 cm³/mol. The number of likely N-dealkylation sites (tertiary alicyclic amines) is 1. The molecule has 0 saturated carbocycles. The lowest BCUT2D eigenvalue weighted by atomic mass is 9.97. The molecule has 1 atom stereocenters. The Labute approximate surface area is 137 Å². The van der Waals surface area contributed by atoms with Gasteiger partial charge in [0.25, 0.3) is 0 Å². The van der Waals surface area contributed by atoms with Crippen LogP contribution in [0.15, 0.2) is 24.3 Å². The molecule has 1 aromatic rings. The number of benzene rings is 1. The number of amides is 2. The van der Waals surface area contributed by atoms with Gasteiger partial charge in [0.1, 0.15) is 12.4 Å². The van der Waals surface area contributed by atoms with Crippen molar-refractivity contribution in [1.29, 1.82) is 0 Å². The van der Waals surface area contributed by atoms with E-state index in [0.29, 0.717) is 26.2 Å². The molecule has 0 spiro atoms. The van der Waals surface area contributed by atoms with Crippen molar-refractivity contribution in [3.05, 3.63) is 29.8 Å². The molecule has 0 unspecified atom stereocenters. The first-order valence-corrected chi connectivity index (χ1v) is 8.02. The Bertz CT molecular complexity index is 548. The van der Waals surface area contributed by atoms with Gasteiger partial charge in [-0.15, -0.1) is 0 Å². The quantitative estimate of drug-likeness (QED) is 0.724. The summed E-state index contributed by atoms with van der Waals surface area (Å²) >= 11 is 0. The lowest BCUT2D eigenvalue weighted by Gasteiger charge is -2.30. The van der Waals surface area contributed by atoms with Crippen LogP contribution in [0.2, 0.25) is 0 Å². The maximum absolute atomic E-state index is 11.9. The highest BCUT2D eigenvalue weighted by molar-refractivity contribution is 5.79. The normalized spacial score (nSPS) is 18.4. The number of aryl methyl sites for hydroxylation is 1. The highest BCUT2D eigenvalue weighted by Crippen LogP contribution is 2.15. The number of rotatable bonds is 7. The van der Waals surface area contributed by atoms with Crippen LogP contribution >= 0.6 is 0 Å². The molecule has 1 aliphatic rings. The molecule has 0 radical (unpaired) electrons. The Morgan fingerprint density at radius 2 is 2.26 bits per heavy atom. The second kappa shape index (κ2) is 8.53. The minimum absolute atomic E-state index is 0.0528. The second-order valence-electron chi connectivity index (χ2n) is 5.99. The molecule has 1 heterocycles. The molecule has 1 aliphatic heterocycles. The number of hydrogen-bond donors (Lipinski definition) is 2. The van der Waals surface area contributed by atoms with Gasteiger partial charge >= 0.3 is 0 Å². The third-order valence-corrected chi connectivity index (χ3v) is 3.96. The van der Waals surface area contributed by atoms with Gasteiger partial charge in [0, 0.05) is 6.54 Å². The van der Waals surface area contributed by atoms with Crippen LogP contribution in [0.1, 0.15) is 18.4 Å². The van der Waals surface area contributed by atoms with Gasteiger partial charge < -0.3 is 15.8 Å². The van der Waals surface area contributed by atoms with Crippen LogP contribution < -0.4 is 15.8 Å². The lowest BCUT2D eigenvalue weighted by molar-refractivity contribution is -0.126. The van der Waals surface area contributed by atoms with E-state index in [1.165, 1.54) is 0 Å². The van der Waals surface area contributed by atoms with E-state index in [1.807, 2.05) is 36.1 Å². The number of nitrogens with two attached hydrogens (primary N) is 1. The van der Waals surface area contributed by atoms with E-state index < -0.39 is 0 Å². The number of nitrogens with zero attached hydrogens (tertiary/aromatic N) is 1.